The number of benzene rings is 2. The minimum atomic E-state index is -4.42. The molecule has 0 bridgehead atoms. The number of aliphatic carboxylic acids is 1. The second kappa shape index (κ2) is 10.9. The molecule has 7 nitrogen and oxygen atoms in total. The molecule has 3 aromatic rings. The zero-order valence-corrected chi connectivity index (χ0v) is 21.3. The van der Waals surface area contributed by atoms with Gasteiger partial charge in [0.1, 0.15) is 11.6 Å². The Hall–Kier alpha value is -3.15. The van der Waals surface area contributed by atoms with Gasteiger partial charge in [-0.1, -0.05) is 19.1 Å². The molecule has 3 unspecified atom stereocenters. The van der Waals surface area contributed by atoms with Gasteiger partial charge >= 0.3 is 12.1 Å². The Morgan fingerprint density at radius 1 is 1.08 bits per heavy atom. The number of carboxylic acids is 1. The molecule has 2 aliphatic rings. The number of carboxylic acid groups (broad SMARTS) is 1. The summed E-state index contributed by atoms with van der Waals surface area (Å²) in [4.78, 5) is 16.3. The molecule has 11 heteroatoms. The zero-order valence-electron chi connectivity index (χ0n) is 20.5. The van der Waals surface area contributed by atoms with E-state index in [4.69, 9.17) is 29.0 Å². The van der Waals surface area contributed by atoms with E-state index in [0.29, 0.717) is 34.2 Å². The van der Waals surface area contributed by atoms with Crippen LogP contribution in [0.2, 0.25) is 0 Å². The SMILES string of the molecule is CC1CC(OCc2nc(-c3ccc4c(c3)OCO4)c(-c3ccc(C(F)(F)F)cc3)s2)CCC1OCC(=O)O. The normalized spacial score (nSPS) is 21.0. The van der Waals surface area contributed by atoms with E-state index in [2.05, 4.69) is 0 Å². The first-order chi connectivity index (χ1) is 18.2. The zero-order chi connectivity index (χ0) is 26.9. The van der Waals surface area contributed by atoms with Crippen LogP contribution in [0.15, 0.2) is 42.5 Å². The molecule has 2 aromatic carbocycles. The van der Waals surface area contributed by atoms with E-state index in [1.54, 1.807) is 6.07 Å². The van der Waals surface area contributed by atoms with Crippen LogP contribution in [0, 0.1) is 5.92 Å². The van der Waals surface area contributed by atoms with Crippen molar-refractivity contribution in [3.05, 3.63) is 53.0 Å². The van der Waals surface area contributed by atoms with Gasteiger partial charge in [-0.3, -0.25) is 0 Å². The van der Waals surface area contributed by atoms with Crippen molar-refractivity contribution in [2.45, 2.75) is 51.2 Å². The number of aromatic nitrogens is 1. The van der Waals surface area contributed by atoms with Gasteiger partial charge < -0.3 is 24.1 Å². The summed E-state index contributed by atoms with van der Waals surface area (Å²) in [5.74, 6) is 0.376. The molecule has 0 spiro atoms. The van der Waals surface area contributed by atoms with Crippen LogP contribution in [0.5, 0.6) is 11.5 Å². The molecular weight excluding hydrogens is 523 g/mol. The van der Waals surface area contributed by atoms with Crippen LogP contribution in [-0.4, -0.2) is 41.7 Å². The first kappa shape index (κ1) is 26.5. The van der Waals surface area contributed by atoms with Gasteiger partial charge in [-0.05, 0) is 61.1 Å². The summed E-state index contributed by atoms with van der Waals surface area (Å²) >= 11 is 1.38. The van der Waals surface area contributed by atoms with Crippen LogP contribution in [0.3, 0.4) is 0 Å². The van der Waals surface area contributed by atoms with Gasteiger partial charge in [0.2, 0.25) is 6.79 Å². The number of halogens is 3. The van der Waals surface area contributed by atoms with Crippen molar-refractivity contribution in [1.29, 1.82) is 0 Å². The van der Waals surface area contributed by atoms with Crippen molar-refractivity contribution >= 4 is 17.3 Å². The Morgan fingerprint density at radius 2 is 1.82 bits per heavy atom. The maximum absolute atomic E-state index is 13.1. The lowest BCUT2D eigenvalue weighted by molar-refractivity contribution is -0.147. The summed E-state index contributed by atoms with van der Waals surface area (Å²) in [6.45, 7) is 2.09. The van der Waals surface area contributed by atoms with Gasteiger partial charge in [-0.15, -0.1) is 11.3 Å². The van der Waals surface area contributed by atoms with Crippen molar-refractivity contribution in [2.24, 2.45) is 5.92 Å². The Balaban J connectivity index is 1.35. The fourth-order valence-corrected chi connectivity index (χ4v) is 5.77. The van der Waals surface area contributed by atoms with Crippen LogP contribution in [-0.2, 0) is 27.1 Å². The maximum atomic E-state index is 13.1. The van der Waals surface area contributed by atoms with Crippen molar-refractivity contribution in [1.82, 2.24) is 4.98 Å². The minimum absolute atomic E-state index is 0.0258. The molecule has 38 heavy (non-hydrogen) atoms. The van der Waals surface area contributed by atoms with Crippen molar-refractivity contribution < 1.29 is 42.0 Å². The van der Waals surface area contributed by atoms with E-state index < -0.39 is 17.7 Å². The van der Waals surface area contributed by atoms with E-state index in [0.717, 1.165) is 35.4 Å². The number of nitrogens with zero attached hydrogens (tertiary/aromatic N) is 1. The fourth-order valence-electron chi connectivity index (χ4n) is 4.76. The summed E-state index contributed by atoms with van der Waals surface area (Å²) < 4.78 is 61.9. The van der Waals surface area contributed by atoms with E-state index in [1.807, 2.05) is 19.1 Å². The largest absolute Gasteiger partial charge is 0.480 e. The minimum Gasteiger partial charge on any atom is -0.480 e. The van der Waals surface area contributed by atoms with Crippen LogP contribution >= 0.6 is 11.3 Å². The molecule has 202 valence electrons. The van der Waals surface area contributed by atoms with E-state index >= 15 is 0 Å². The summed E-state index contributed by atoms with van der Waals surface area (Å²) in [6.07, 6.45) is -2.38. The number of hydrogen-bond acceptors (Lipinski definition) is 7. The van der Waals surface area contributed by atoms with Crippen LogP contribution in [0.1, 0.15) is 36.8 Å². The highest BCUT2D eigenvalue weighted by atomic mass is 32.1. The van der Waals surface area contributed by atoms with Crippen LogP contribution in [0.25, 0.3) is 21.7 Å². The molecule has 2 heterocycles. The van der Waals surface area contributed by atoms with Gasteiger partial charge in [0.15, 0.2) is 11.5 Å². The first-order valence-corrected chi connectivity index (χ1v) is 13.0. The predicted molar refractivity (Wildman–Crippen MR) is 133 cm³/mol. The molecule has 1 aliphatic heterocycles. The average molecular weight is 550 g/mol. The molecule has 0 amide bonds. The Bertz CT molecular complexity index is 1290. The molecular formula is C27H26F3NO6S. The van der Waals surface area contributed by atoms with Gasteiger partial charge in [-0.2, -0.15) is 13.2 Å². The third kappa shape index (κ3) is 5.95. The lowest BCUT2D eigenvalue weighted by Crippen LogP contribution is -2.34. The molecule has 5 rings (SSSR count). The number of fused-ring (bicyclic) bond motifs is 1. The molecule has 1 saturated carbocycles. The standard InChI is InChI=1S/C27H26F3NO6S/c1-15-10-19(7-9-20(15)35-13-24(32)33)34-12-23-31-25(17-4-8-21-22(11-17)37-14-36-21)26(38-23)16-2-5-18(6-3-16)27(28,29)30/h2-6,8,11,15,19-20H,7,9-10,12-14H2,1H3,(H,32,33). The number of carbonyl (C=O) groups is 1. The van der Waals surface area contributed by atoms with E-state index in [9.17, 15) is 18.0 Å². The second-order valence-corrected chi connectivity index (χ2v) is 10.5. The first-order valence-electron chi connectivity index (χ1n) is 12.2. The molecule has 0 saturated heterocycles. The Morgan fingerprint density at radius 3 is 2.53 bits per heavy atom. The highest BCUT2D eigenvalue weighted by Gasteiger charge is 2.31. The number of ether oxygens (including phenoxy) is 4. The highest BCUT2D eigenvalue weighted by Crippen LogP contribution is 2.42. The summed E-state index contributed by atoms with van der Waals surface area (Å²) in [5, 5.41) is 9.56. The average Bonchev–Trinajstić information content (AvgIpc) is 3.53. The van der Waals surface area contributed by atoms with E-state index in [-0.39, 0.29) is 38.1 Å². The summed E-state index contributed by atoms with van der Waals surface area (Å²) in [6, 6.07) is 10.5. The number of alkyl halides is 3. The lowest BCUT2D eigenvalue weighted by atomic mass is 9.86. The maximum Gasteiger partial charge on any atom is 0.416 e. The van der Waals surface area contributed by atoms with E-state index in [1.165, 1.54) is 23.5 Å². The second-order valence-electron chi connectivity index (χ2n) is 9.40. The third-order valence-corrected chi connectivity index (χ3v) is 7.78. The summed E-state index contributed by atoms with van der Waals surface area (Å²) in [5.41, 5.74) is 1.30. The van der Waals surface area contributed by atoms with Crippen LogP contribution in [0.4, 0.5) is 13.2 Å². The van der Waals surface area contributed by atoms with Crippen LogP contribution < -0.4 is 9.47 Å². The third-order valence-electron chi connectivity index (χ3n) is 6.70. The number of thiazole rings is 1. The number of rotatable bonds is 8. The van der Waals surface area contributed by atoms with Gasteiger partial charge in [0.25, 0.3) is 0 Å². The predicted octanol–water partition coefficient (Wildman–Crippen LogP) is 6.40. The Kier molecular flexibility index (Phi) is 7.60. The quantitative estimate of drug-likeness (QED) is 0.348. The molecule has 1 fully saturated rings. The van der Waals surface area contributed by atoms with Gasteiger partial charge in [0, 0.05) is 5.56 Å². The molecule has 0 radical (unpaired) electrons. The molecule has 1 N–H and O–H groups in total. The topological polar surface area (TPSA) is 87.1 Å². The monoisotopic (exact) mass is 549 g/mol. The molecule has 1 aromatic heterocycles. The fraction of sp³-hybridized carbons (Fsp3) is 0.407. The smallest absolute Gasteiger partial charge is 0.416 e. The van der Waals surface area contributed by atoms with Crippen molar-refractivity contribution in [3.8, 4) is 33.2 Å². The lowest BCUT2D eigenvalue weighted by Gasteiger charge is -2.33. The number of hydrogen-bond donors (Lipinski definition) is 1. The van der Waals surface area contributed by atoms with Crippen molar-refractivity contribution in [2.75, 3.05) is 13.4 Å². The van der Waals surface area contributed by atoms with Crippen molar-refractivity contribution in [3.63, 3.8) is 0 Å². The summed E-state index contributed by atoms with van der Waals surface area (Å²) in [7, 11) is 0. The molecule has 3 atom stereocenters. The van der Waals surface area contributed by atoms with Gasteiger partial charge in [0.05, 0.1) is 34.9 Å². The Labute approximate surface area is 221 Å². The highest BCUT2D eigenvalue weighted by molar-refractivity contribution is 7.15. The van der Waals surface area contributed by atoms with Gasteiger partial charge in [-0.25, -0.2) is 9.78 Å². The molecule has 1 aliphatic carbocycles.